The van der Waals surface area contributed by atoms with Crippen LogP contribution in [-0.4, -0.2) is 25.1 Å². The van der Waals surface area contributed by atoms with Crippen molar-refractivity contribution in [2.24, 2.45) is 0 Å². The van der Waals surface area contributed by atoms with Crippen LogP contribution in [0.1, 0.15) is 16.7 Å². The highest BCUT2D eigenvalue weighted by atomic mass is 35.5. The van der Waals surface area contributed by atoms with Crippen LogP contribution >= 0.6 is 11.6 Å². The normalized spacial score (nSPS) is 21.2. The molecule has 0 bridgehead atoms. The number of anilines is 1. The van der Waals surface area contributed by atoms with Gasteiger partial charge < -0.3 is 4.90 Å². The van der Waals surface area contributed by atoms with Crippen LogP contribution in [0.2, 0.25) is 0 Å². The van der Waals surface area contributed by atoms with E-state index in [-0.39, 0.29) is 5.50 Å². The first kappa shape index (κ1) is 11.7. The maximum absolute atomic E-state index is 6.09. The second-order valence-corrected chi connectivity index (χ2v) is 5.04. The van der Waals surface area contributed by atoms with Crippen LogP contribution < -0.4 is 10.2 Å². The van der Waals surface area contributed by atoms with Gasteiger partial charge in [0.25, 0.3) is 0 Å². The molecule has 0 amide bonds. The third kappa shape index (κ3) is 2.33. The fourth-order valence-corrected chi connectivity index (χ4v) is 2.79. The van der Waals surface area contributed by atoms with E-state index in [1.54, 1.807) is 0 Å². The number of aryl methyl sites for hydroxylation is 3. The van der Waals surface area contributed by atoms with Crippen molar-refractivity contribution in [1.29, 1.82) is 0 Å². The lowest BCUT2D eigenvalue weighted by Gasteiger charge is -2.33. The lowest BCUT2D eigenvalue weighted by atomic mass is 10.0. The van der Waals surface area contributed by atoms with E-state index in [1.165, 1.54) is 22.4 Å². The fraction of sp³-hybridized carbons (Fsp3) is 0.538. The van der Waals surface area contributed by atoms with Crippen LogP contribution in [0.4, 0.5) is 5.69 Å². The van der Waals surface area contributed by atoms with Crippen LogP contribution in [0.25, 0.3) is 0 Å². The molecule has 2 nitrogen and oxygen atoms in total. The zero-order valence-electron chi connectivity index (χ0n) is 10.1. The van der Waals surface area contributed by atoms with Gasteiger partial charge in [0.05, 0.1) is 0 Å². The number of hydrogen-bond donors (Lipinski definition) is 0. The molecule has 1 aromatic rings. The van der Waals surface area contributed by atoms with E-state index in [2.05, 4.69) is 43.1 Å². The average molecular weight is 238 g/mol. The van der Waals surface area contributed by atoms with Crippen molar-refractivity contribution in [2.75, 3.05) is 24.5 Å². The standard InChI is InChI=1S/C13H18ClN2/c1-9-6-10(2)13(11(3)7-9)16-5-4-15-12(14)8-16/h6-7,12H,4-5,8H2,1-3H3. The lowest BCUT2D eigenvalue weighted by molar-refractivity contribution is 0.541. The Morgan fingerprint density at radius 1 is 1.25 bits per heavy atom. The van der Waals surface area contributed by atoms with Crippen molar-refractivity contribution in [1.82, 2.24) is 5.32 Å². The van der Waals surface area contributed by atoms with E-state index in [4.69, 9.17) is 11.6 Å². The maximum Gasteiger partial charge on any atom is 0.116 e. The fourth-order valence-electron chi connectivity index (χ4n) is 2.52. The van der Waals surface area contributed by atoms with Gasteiger partial charge in [-0.15, -0.1) is 11.6 Å². The van der Waals surface area contributed by atoms with E-state index in [0.29, 0.717) is 0 Å². The Bertz CT molecular complexity index is 367. The second kappa shape index (κ2) is 4.64. The second-order valence-electron chi connectivity index (χ2n) is 4.53. The molecule has 0 aliphatic carbocycles. The number of rotatable bonds is 1. The number of alkyl halides is 1. The first-order valence-electron chi connectivity index (χ1n) is 5.71. The molecule has 3 heteroatoms. The zero-order valence-corrected chi connectivity index (χ0v) is 10.9. The molecule has 1 atom stereocenters. The van der Waals surface area contributed by atoms with Crippen molar-refractivity contribution in [2.45, 2.75) is 26.3 Å². The molecular formula is C13H18ClN2. The molecule has 1 unspecified atom stereocenters. The van der Waals surface area contributed by atoms with Crippen LogP contribution in [-0.2, 0) is 0 Å². The maximum atomic E-state index is 6.09. The number of hydrogen-bond acceptors (Lipinski definition) is 1. The summed E-state index contributed by atoms with van der Waals surface area (Å²) in [6.45, 7) is 9.12. The lowest BCUT2D eigenvalue weighted by Crippen LogP contribution is -2.45. The molecule has 0 spiro atoms. The summed E-state index contributed by atoms with van der Waals surface area (Å²) in [5.74, 6) is 0. The molecule has 1 heterocycles. The van der Waals surface area contributed by atoms with Crippen molar-refractivity contribution >= 4 is 17.3 Å². The molecule has 0 aromatic heterocycles. The summed E-state index contributed by atoms with van der Waals surface area (Å²) < 4.78 is 0. The van der Waals surface area contributed by atoms with Gasteiger partial charge in [0, 0.05) is 25.3 Å². The minimum Gasteiger partial charge on any atom is -0.367 e. The summed E-state index contributed by atoms with van der Waals surface area (Å²) in [6, 6.07) is 4.47. The average Bonchev–Trinajstić information content (AvgIpc) is 2.15. The minimum atomic E-state index is -0.0612. The summed E-state index contributed by atoms with van der Waals surface area (Å²) in [5.41, 5.74) is 5.27. The highest BCUT2D eigenvalue weighted by molar-refractivity contribution is 6.20. The molecular weight excluding hydrogens is 220 g/mol. The topological polar surface area (TPSA) is 17.3 Å². The smallest absolute Gasteiger partial charge is 0.116 e. The SMILES string of the molecule is Cc1cc(C)c(N2CC[N]C(Cl)C2)c(C)c1. The van der Waals surface area contributed by atoms with E-state index in [9.17, 15) is 0 Å². The van der Waals surface area contributed by atoms with Gasteiger partial charge in [-0.2, -0.15) is 0 Å². The minimum absolute atomic E-state index is 0.0612. The van der Waals surface area contributed by atoms with Gasteiger partial charge in [0.2, 0.25) is 0 Å². The molecule has 87 valence electrons. The number of nitrogens with zero attached hydrogens (tertiary/aromatic N) is 2. The van der Waals surface area contributed by atoms with E-state index < -0.39 is 0 Å². The first-order valence-corrected chi connectivity index (χ1v) is 6.15. The zero-order chi connectivity index (χ0) is 11.7. The third-order valence-electron chi connectivity index (χ3n) is 3.02. The van der Waals surface area contributed by atoms with Gasteiger partial charge in [0.1, 0.15) is 5.50 Å². The van der Waals surface area contributed by atoms with E-state index in [1.807, 2.05) is 0 Å². The highest BCUT2D eigenvalue weighted by Gasteiger charge is 2.20. The van der Waals surface area contributed by atoms with Crippen molar-refractivity contribution < 1.29 is 0 Å². The number of halogens is 1. The van der Waals surface area contributed by atoms with Gasteiger partial charge in [-0.05, 0) is 31.9 Å². The summed E-state index contributed by atoms with van der Waals surface area (Å²) in [7, 11) is 0. The van der Waals surface area contributed by atoms with Crippen LogP contribution in [0.3, 0.4) is 0 Å². The molecule has 1 radical (unpaired) electrons. The Morgan fingerprint density at radius 2 is 1.88 bits per heavy atom. The predicted molar refractivity (Wildman–Crippen MR) is 69.5 cm³/mol. The Labute approximate surface area is 103 Å². The van der Waals surface area contributed by atoms with Gasteiger partial charge in [0.15, 0.2) is 0 Å². The largest absolute Gasteiger partial charge is 0.367 e. The molecule has 16 heavy (non-hydrogen) atoms. The first-order chi connectivity index (χ1) is 7.58. The summed E-state index contributed by atoms with van der Waals surface area (Å²) in [5, 5.41) is 4.31. The number of piperazine rings is 1. The summed E-state index contributed by atoms with van der Waals surface area (Å²) in [6.07, 6.45) is 0. The van der Waals surface area contributed by atoms with Crippen molar-refractivity contribution in [3.05, 3.63) is 28.8 Å². The Kier molecular flexibility index (Phi) is 3.41. The van der Waals surface area contributed by atoms with Gasteiger partial charge in [-0.3, -0.25) is 0 Å². The monoisotopic (exact) mass is 237 g/mol. The van der Waals surface area contributed by atoms with Gasteiger partial charge in [-0.25, -0.2) is 5.32 Å². The molecule has 0 saturated carbocycles. The van der Waals surface area contributed by atoms with E-state index >= 15 is 0 Å². The summed E-state index contributed by atoms with van der Waals surface area (Å²) in [4.78, 5) is 2.36. The van der Waals surface area contributed by atoms with Gasteiger partial charge in [-0.1, -0.05) is 17.7 Å². The van der Waals surface area contributed by atoms with E-state index in [0.717, 1.165) is 19.6 Å². The summed E-state index contributed by atoms with van der Waals surface area (Å²) >= 11 is 6.09. The molecule has 1 saturated heterocycles. The molecule has 2 rings (SSSR count). The van der Waals surface area contributed by atoms with Gasteiger partial charge >= 0.3 is 0 Å². The Balaban J connectivity index is 2.32. The third-order valence-corrected chi connectivity index (χ3v) is 3.30. The number of benzene rings is 1. The molecule has 1 aliphatic rings. The predicted octanol–water partition coefficient (Wildman–Crippen LogP) is 2.60. The molecule has 0 N–H and O–H groups in total. The Morgan fingerprint density at radius 3 is 2.44 bits per heavy atom. The quantitative estimate of drug-likeness (QED) is 0.542. The molecule has 1 fully saturated rings. The molecule has 1 aromatic carbocycles. The van der Waals surface area contributed by atoms with Crippen LogP contribution in [0, 0.1) is 20.8 Å². The van der Waals surface area contributed by atoms with Crippen molar-refractivity contribution in [3.63, 3.8) is 0 Å². The van der Waals surface area contributed by atoms with Crippen molar-refractivity contribution in [3.8, 4) is 0 Å². The Hall–Kier alpha value is -0.730. The highest BCUT2D eigenvalue weighted by Crippen LogP contribution is 2.27. The van der Waals surface area contributed by atoms with Crippen LogP contribution in [0.5, 0.6) is 0 Å². The molecule has 1 aliphatic heterocycles. The van der Waals surface area contributed by atoms with Crippen LogP contribution in [0.15, 0.2) is 12.1 Å².